The minimum atomic E-state index is -0.288. The Morgan fingerprint density at radius 2 is 2.28 bits per heavy atom. The monoisotopic (exact) mass is 398 g/mol. The molecular formula is C19H19FN6O3. The number of halogens is 1. The Balaban J connectivity index is 1.38. The summed E-state index contributed by atoms with van der Waals surface area (Å²) in [7, 11) is 0. The number of nitrogens with one attached hydrogen (secondary N) is 2. The lowest BCUT2D eigenvalue weighted by molar-refractivity contribution is -0.119. The summed E-state index contributed by atoms with van der Waals surface area (Å²) in [5, 5.41) is 14.0. The number of ether oxygens (including phenoxy) is 2. The second kappa shape index (κ2) is 7.28. The van der Waals surface area contributed by atoms with Gasteiger partial charge in [0.2, 0.25) is 11.9 Å². The fourth-order valence-corrected chi connectivity index (χ4v) is 3.69. The van der Waals surface area contributed by atoms with Crippen molar-refractivity contribution >= 4 is 23.2 Å². The Morgan fingerprint density at radius 3 is 3.14 bits per heavy atom. The summed E-state index contributed by atoms with van der Waals surface area (Å²) in [5.74, 6) is 0.574. The highest BCUT2D eigenvalue weighted by Crippen LogP contribution is 2.30. The second-order valence-corrected chi connectivity index (χ2v) is 7.02. The van der Waals surface area contributed by atoms with Crippen molar-refractivity contribution < 1.29 is 18.7 Å². The van der Waals surface area contributed by atoms with Crippen LogP contribution < -0.4 is 15.4 Å². The zero-order valence-corrected chi connectivity index (χ0v) is 15.5. The van der Waals surface area contributed by atoms with Crippen LogP contribution in [0.3, 0.4) is 0 Å². The van der Waals surface area contributed by atoms with Crippen LogP contribution in [0.2, 0.25) is 0 Å². The Bertz CT molecular complexity index is 1080. The number of anilines is 2. The number of carbonyl (C=O) groups excluding carboxylic acids is 1. The Labute approximate surface area is 165 Å². The molecule has 1 atom stereocenters. The van der Waals surface area contributed by atoms with Gasteiger partial charge < -0.3 is 20.1 Å². The van der Waals surface area contributed by atoms with Gasteiger partial charge in [0.15, 0.2) is 5.65 Å². The van der Waals surface area contributed by atoms with E-state index in [1.165, 1.54) is 18.6 Å². The van der Waals surface area contributed by atoms with E-state index in [4.69, 9.17) is 9.47 Å². The van der Waals surface area contributed by atoms with Gasteiger partial charge in [0.1, 0.15) is 23.6 Å². The molecule has 1 aromatic carbocycles. The van der Waals surface area contributed by atoms with Crippen molar-refractivity contribution in [1.82, 2.24) is 19.6 Å². The number of carbonyl (C=O) groups is 1. The summed E-state index contributed by atoms with van der Waals surface area (Å²) in [5.41, 5.74) is 2.35. The quantitative estimate of drug-likeness (QED) is 0.675. The first-order chi connectivity index (χ1) is 14.2. The van der Waals surface area contributed by atoms with Gasteiger partial charge in [0.05, 0.1) is 25.3 Å². The van der Waals surface area contributed by atoms with Crippen LogP contribution in [0.25, 0.3) is 5.65 Å². The van der Waals surface area contributed by atoms with E-state index in [2.05, 4.69) is 25.8 Å². The lowest BCUT2D eigenvalue weighted by Gasteiger charge is -2.13. The van der Waals surface area contributed by atoms with Crippen molar-refractivity contribution in [3.05, 3.63) is 41.6 Å². The Kier molecular flexibility index (Phi) is 4.47. The van der Waals surface area contributed by atoms with Crippen molar-refractivity contribution in [3.8, 4) is 5.75 Å². The zero-order valence-electron chi connectivity index (χ0n) is 15.5. The smallest absolute Gasteiger partial charge is 0.230 e. The highest BCUT2D eigenvalue weighted by Gasteiger charge is 2.25. The van der Waals surface area contributed by atoms with E-state index >= 15 is 0 Å². The summed E-state index contributed by atoms with van der Waals surface area (Å²) < 4.78 is 26.8. The molecule has 0 bridgehead atoms. The van der Waals surface area contributed by atoms with Crippen molar-refractivity contribution in [2.45, 2.75) is 19.4 Å². The van der Waals surface area contributed by atoms with E-state index in [0.29, 0.717) is 55.5 Å². The van der Waals surface area contributed by atoms with Crippen molar-refractivity contribution in [2.75, 3.05) is 30.5 Å². The average Bonchev–Trinajstić information content (AvgIpc) is 3.48. The van der Waals surface area contributed by atoms with Crippen LogP contribution in [-0.2, 0) is 22.5 Å². The van der Waals surface area contributed by atoms with Gasteiger partial charge in [-0.25, -0.2) is 13.8 Å². The predicted octanol–water partition coefficient (Wildman–Crippen LogP) is 1.79. The average molecular weight is 398 g/mol. The molecular weight excluding hydrogens is 379 g/mol. The third-order valence-corrected chi connectivity index (χ3v) is 5.26. The third kappa shape index (κ3) is 3.25. The molecule has 1 fully saturated rings. The van der Waals surface area contributed by atoms with Crippen molar-refractivity contribution in [2.24, 2.45) is 5.92 Å². The van der Waals surface area contributed by atoms with Gasteiger partial charge >= 0.3 is 0 Å². The molecule has 0 saturated carbocycles. The lowest BCUT2D eigenvalue weighted by atomic mass is 10.0. The molecule has 1 amide bonds. The predicted molar refractivity (Wildman–Crippen MR) is 101 cm³/mol. The van der Waals surface area contributed by atoms with E-state index in [9.17, 15) is 9.18 Å². The number of fused-ring (bicyclic) bond motifs is 2. The number of hydrogen-bond donors (Lipinski definition) is 2. The van der Waals surface area contributed by atoms with Crippen LogP contribution in [-0.4, -0.2) is 45.3 Å². The van der Waals surface area contributed by atoms with E-state index in [1.54, 1.807) is 10.5 Å². The number of amides is 1. The minimum Gasteiger partial charge on any atom is -0.493 e. The molecule has 150 valence electrons. The van der Waals surface area contributed by atoms with Crippen LogP contribution in [0.5, 0.6) is 5.75 Å². The second-order valence-electron chi connectivity index (χ2n) is 7.02. The highest BCUT2D eigenvalue weighted by atomic mass is 19.1. The molecule has 4 heterocycles. The molecule has 9 nitrogen and oxygen atoms in total. The van der Waals surface area contributed by atoms with Crippen LogP contribution in [0, 0.1) is 11.7 Å². The summed E-state index contributed by atoms with van der Waals surface area (Å²) in [6, 6.07) is 3.07. The Morgan fingerprint density at radius 1 is 1.34 bits per heavy atom. The largest absolute Gasteiger partial charge is 0.493 e. The molecule has 5 rings (SSSR count). The van der Waals surface area contributed by atoms with Crippen LogP contribution in [0.4, 0.5) is 16.0 Å². The van der Waals surface area contributed by atoms with Crippen LogP contribution in [0.1, 0.15) is 17.5 Å². The molecule has 0 spiro atoms. The molecule has 2 aromatic heterocycles. The molecule has 2 aliphatic rings. The lowest BCUT2D eigenvalue weighted by Crippen LogP contribution is -2.23. The first-order valence-corrected chi connectivity index (χ1v) is 9.45. The fourth-order valence-electron chi connectivity index (χ4n) is 3.69. The third-order valence-electron chi connectivity index (χ3n) is 5.26. The van der Waals surface area contributed by atoms with Crippen LogP contribution in [0.15, 0.2) is 24.7 Å². The molecule has 1 saturated heterocycles. The first-order valence-electron chi connectivity index (χ1n) is 9.45. The number of rotatable bonds is 5. The number of aromatic nitrogens is 4. The first kappa shape index (κ1) is 17.8. The van der Waals surface area contributed by atoms with E-state index < -0.39 is 0 Å². The molecule has 10 heteroatoms. The normalized spacial score (nSPS) is 17.9. The maximum Gasteiger partial charge on any atom is 0.230 e. The minimum absolute atomic E-state index is 0.128. The molecule has 3 aromatic rings. The van der Waals surface area contributed by atoms with Crippen molar-refractivity contribution in [1.29, 1.82) is 0 Å². The van der Waals surface area contributed by atoms with Gasteiger partial charge in [-0.2, -0.15) is 0 Å². The summed E-state index contributed by atoms with van der Waals surface area (Å²) in [4.78, 5) is 16.7. The number of benzene rings is 1. The summed E-state index contributed by atoms with van der Waals surface area (Å²) in [6.07, 6.45) is 4.39. The van der Waals surface area contributed by atoms with E-state index in [0.717, 1.165) is 11.3 Å². The summed E-state index contributed by atoms with van der Waals surface area (Å²) in [6.45, 7) is 1.80. The topological polar surface area (TPSA) is 103 Å². The van der Waals surface area contributed by atoms with Crippen LogP contribution >= 0.6 is 0 Å². The van der Waals surface area contributed by atoms with Gasteiger partial charge in [0, 0.05) is 30.7 Å². The fraction of sp³-hybridized carbons (Fsp3) is 0.368. The summed E-state index contributed by atoms with van der Waals surface area (Å²) >= 11 is 0. The van der Waals surface area contributed by atoms with Gasteiger partial charge in [-0.1, -0.05) is 0 Å². The van der Waals surface area contributed by atoms with E-state index in [-0.39, 0.29) is 24.2 Å². The molecule has 0 aliphatic carbocycles. The SMILES string of the molecule is O=C(Nc1cnc(NCc2c(F)ccc3c2CCO3)n2cnnc12)C1CCOC1. The molecule has 2 N–H and O–H groups in total. The molecule has 1 unspecified atom stereocenters. The molecule has 0 radical (unpaired) electrons. The zero-order chi connectivity index (χ0) is 19.8. The maximum atomic E-state index is 14.4. The standard InChI is InChI=1S/C19H19FN6O3/c20-14-1-2-16-12(4-6-29-16)13(14)7-21-19-22-8-15(17-25-23-10-26(17)19)24-18(27)11-3-5-28-9-11/h1-2,8,10-11H,3-7,9H2,(H,21,22)(H,24,27). The van der Waals surface area contributed by atoms with Gasteiger partial charge in [-0.05, 0) is 18.6 Å². The van der Waals surface area contributed by atoms with Gasteiger partial charge in [-0.15, -0.1) is 10.2 Å². The molecule has 29 heavy (non-hydrogen) atoms. The number of hydrogen-bond acceptors (Lipinski definition) is 7. The van der Waals surface area contributed by atoms with Gasteiger partial charge in [-0.3, -0.25) is 4.79 Å². The Hall–Kier alpha value is -3.27. The van der Waals surface area contributed by atoms with E-state index in [1.807, 2.05) is 0 Å². The highest BCUT2D eigenvalue weighted by molar-refractivity contribution is 5.95. The number of nitrogens with zero attached hydrogens (tertiary/aromatic N) is 4. The van der Waals surface area contributed by atoms with Crippen molar-refractivity contribution in [3.63, 3.8) is 0 Å². The maximum absolute atomic E-state index is 14.4. The molecule has 2 aliphatic heterocycles. The van der Waals surface area contributed by atoms with Gasteiger partial charge in [0.25, 0.3) is 0 Å².